The van der Waals surface area contributed by atoms with Gasteiger partial charge in [0.2, 0.25) is 0 Å². The summed E-state index contributed by atoms with van der Waals surface area (Å²) in [6.45, 7) is 1.96. The average Bonchev–Trinajstić information content (AvgIpc) is 3.24. The van der Waals surface area contributed by atoms with E-state index in [1.165, 1.54) is 0 Å². The molecule has 172 valence electrons. The Morgan fingerprint density at radius 3 is 2.29 bits per heavy atom. The maximum atomic E-state index is 12.2. The Labute approximate surface area is 206 Å². The van der Waals surface area contributed by atoms with Gasteiger partial charge in [-0.25, -0.2) is 0 Å². The molecule has 0 saturated carbocycles. The summed E-state index contributed by atoms with van der Waals surface area (Å²) in [4.78, 5) is 4.71. The van der Waals surface area contributed by atoms with Gasteiger partial charge in [-0.15, -0.1) is 10.2 Å². The summed E-state index contributed by atoms with van der Waals surface area (Å²) >= 11 is 12.4. The third-order valence-corrected chi connectivity index (χ3v) is 6.27. The van der Waals surface area contributed by atoms with Crippen molar-refractivity contribution in [3.05, 3.63) is 112 Å². The highest BCUT2D eigenvalue weighted by Crippen LogP contribution is 2.39. The first kappa shape index (κ1) is 23.9. The molecule has 0 bridgehead atoms. The molecule has 3 aromatic carbocycles. The lowest BCUT2D eigenvalue weighted by Crippen LogP contribution is -2.32. The smallest absolute Gasteiger partial charge is 0.175 e. The van der Waals surface area contributed by atoms with E-state index >= 15 is 0 Å². The molecule has 5 aromatic rings. The molecule has 0 spiro atoms. The molecule has 0 aliphatic heterocycles. The number of nitrogens with zero attached hydrogens (tertiary/aromatic N) is 4. The van der Waals surface area contributed by atoms with E-state index < -0.39 is 5.60 Å². The molecular formula is C26H22Cl2N4O2. The van der Waals surface area contributed by atoms with Crippen LogP contribution in [-0.4, -0.2) is 30.3 Å². The van der Waals surface area contributed by atoms with Crippen LogP contribution in [0.3, 0.4) is 0 Å². The fourth-order valence-corrected chi connectivity index (χ4v) is 4.52. The van der Waals surface area contributed by atoms with Gasteiger partial charge in [-0.1, -0.05) is 53.5 Å². The highest BCUT2D eigenvalue weighted by atomic mass is 35.5. The number of aromatic nitrogens is 4. The molecule has 2 heterocycles. The molecule has 0 radical (unpaired) electrons. The normalized spacial score (nSPS) is 12.9. The van der Waals surface area contributed by atoms with E-state index in [0.29, 0.717) is 27.0 Å². The highest BCUT2D eigenvalue weighted by Gasteiger charge is 2.38. The van der Waals surface area contributed by atoms with E-state index in [1.807, 2.05) is 55.5 Å². The third-order valence-electron chi connectivity index (χ3n) is 5.79. The van der Waals surface area contributed by atoms with Crippen molar-refractivity contribution in [1.82, 2.24) is 19.7 Å². The molecule has 1 atom stereocenters. The minimum absolute atomic E-state index is 0. The topological polar surface area (TPSA) is 95.3 Å². The number of fused-ring (bicyclic) bond motifs is 1. The van der Waals surface area contributed by atoms with Gasteiger partial charge in [0, 0.05) is 28.2 Å². The second-order valence-corrected chi connectivity index (χ2v) is 8.91. The fourth-order valence-electron chi connectivity index (χ4n) is 4.20. The predicted molar refractivity (Wildman–Crippen MR) is 135 cm³/mol. The number of pyridine rings is 1. The average molecular weight is 493 g/mol. The predicted octanol–water partition coefficient (Wildman–Crippen LogP) is 5.11. The van der Waals surface area contributed by atoms with E-state index in [2.05, 4.69) is 10.2 Å². The minimum atomic E-state index is -1.56. The lowest BCUT2D eigenvalue weighted by Gasteiger charge is -2.28. The number of hydrogen-bond acceptors (Lipinski definition) is 4. The zero-order valence-electron chi connectivity index (χ0n) is 18.5. The van der Waals surface area contributed by atoms with E-state index in [0.717, 1.165) is 27.7 Å². The first-order chi connectivity index (χ1) is 15.9. The molecule has 0 amide bonds. The van der Waals surface area contributed by atoms with Crippen LogP contribution < -0.4 is 0 Å². The van der Waals surface area contributed by atoms with Crippen LogP contribution in [-0.2, 0) is 12.6 Å². The van der Waals surface area contributed by atoms with Crippen molar-refractivity contribution in [1.29, 1.82) is 0 Å². The van der Waals surface area contributed by atoms with Crippen molar-refractivity contribution in [2.75, 3.05) is 0 Å². The molecular weight excluding hydrogens is 471 g/mol. The van der Waals surface area contributed by atoms with Gasteiger partial charge >= 0.3 is 0 Å². The summed E-state index contributed by atoms with van der Waals surface area (Å²) in [5, 5.41) is 22.6. The monoisotopic (exact) mass is 492 g/mol. The maximum absolute atomic E-state index is 12.2. The van der Waals surface area contributed by atoms with Crippen molar-refractivity contribution < 1.29 is 10.6 Å². The Kier molecular flexibility index (Phi) is 6.43. The zero-order chi connectivity index (χ0) is 23.2. The lowest BCUT2D eigenvalue weighted by atomic mass is 9.84. The minimum Gasteiger partial charge on any atom is -0.412 e. The number of aliphatic hydroxyl groups is 1. The number of benzene rings is 3. The third kappa shape index (κ3) is 4.06. The van der Waals surface area contributed by atoms with Gasteiger partial charge < -0.3 is 15.1 Å². The molecule has 8 heteroatoms. The fraction of sp³-hybridized carbons (Fsp3) is 0.115. The van der Waals surface area contributed by atoms with Crippen molar-refractivity contribution in [3.63, 3.8) is 0 Å². The molecule has 6 nitrogen and oxygen atoms in total. The second kappa shape index (κ2) is 9.16. The van der Waals surface area contributed by atoms with Crippen LogP contribution >= 0.6 is 23.2 Å². The molecule has 3 N–H and O–H groups in total. The molecule has 0 aliphatic rings. The molecule has 0 aliphatic carbocycles. The van der Waals surface area contributed by atoms with E-state index in [-0.39, 0.29) is 5.48 Å². The molecule has 1 unspecified atom stereocenters. The van der Waals surface area contributed by atoms with Crippen LogP contribution in [0.2, 0.25) is 10.0 Å². The van der Waals surface area contributed by atoms with Gasteiger partial charge in [0.1, 0.15) is 6.33 Å². The highest BCUT2D eigenvalue weighted by molar-refractivity contribution is 6.31. The van der Waals surface area contributed by atoms with Crippen molar-refractivity contribution in [3.8, 4) is 11.1 Å². The molecule has 2 aromatic heterocycles. The summed E-state index contributed by atoms with van der Waals surface area (Å²) < 4.78 is 1.71. The van der Waals surface area contributed by atoms with Crippen LogP contribution in [0.25, 0.3) is 22.0 Å². The van der Waals surface area contributed by atoms with Gasteiger partial charge in [-0.05, 0) is 71.6 Å². The summed E-state index contributed by atoms with van der Waals surface area (Å²) in [5.74, 6) is 0.397. The van der Waals surface area contributed by atoms with Crippen LogP contribution in [0.1, 0.15) is 22.6 Å². The number of halogens is 2. The first-order valence-corrected chi connectivity index (χ1v) is 11.1. The SMILES string of the molecule is Cc1cc(-c2cccc(Cl)c2)c2cc(C(O)(c3ccc(Cl)cc3)c3nncn3C)ccc2n1.O. The second-order valence-electron chi connectivity index (χ2n) is 8.04. The van der Waals surface area contributed by atoms with Gasteiger partial charge in [-0.2, -0.15) is 0 Å². The van der Waals surface area contributed by atoms with Crippen LogP contribution in [0.5, 0.6) is 0 Å². The summed E-state index contributed by atoms with van der Waals surface area (Å²) in [7, 11) is 1.81. The number of hydrogen-bond donors (Lipinski definition) is 1. The van der Waals surface area contributed by atoms with Crippen molar-refractivity contribution >= 4 is 34.1 Å². The van der Waals surface area contributed by atoms with Gasteiger partial charge in [0.05, 0.1) is 5.52 Å². The Morgan fingerprint density at radius 2 is 1.62 bits per heavy atom. The van der Waals surface area contributed by atoms with E-state index in [1.54, 1.807) is 42.2 Å². The zero-order valence-corrected chi connectivity index (χ0v) is 20.0. The molecule has 34 heavy (non-hydrogen) atoms. The largest absolute Gasteiger partial charge is 0.412 e. The molecule has 5 rings (SSSR count). The number of aryl methyl sites for hydroxylation is 2. The first-order valence-electron chi connectivity index (χ1n) is 10.4. The number of rotatable bonds is 4. The van der Waals surface area contributed by atoms with Crippen LogP contribution in [0.15, 0.2) is 79.1 Å². The quantitative estimate of drug-likeness (QED) is 0.377. The Bertz CT molecular complexity index is 1480. The Balaban J connectivity index is 0.00000274. The lowest BCUT2D eigenvalue weighted by molar-refractivity contribution is 0.112. The maximum Gasteiger partial charge on any atom is 0.175 e. The van der Waals surface area contributed by atoms with Crippen LogP contribution in [0.4, 0.5) is 0 Å². The van der Waals surface area contributed by atoms with Gasteiger partial charge in [0.25, 0.3) is 0 Å². The van der Waals surface area contributed by atoms with Gasteiger partial charge in [-0.3, -0.25) is 4.98 Å². The Morgan fingerprint density at radius 1 is 0.882 bits per heavy atom. The molecule has 0 saturated heterocycles. The standard InChI is InChI=1S/C26H20Cl2N4O.H2O/c1-16-12-22(17-4-3-5-21(28)13-17)23-14-19(8-11-24(23)30-16)26(33,25-31-29-15-32(25)2)18-6-9-20(27)10-7-18;/h3-15,33H,1-2H3;1H2. The van der Waals surface area contributed by atoms with E-state index in [4.69, 9.17) is 28.2 Å². The Hall–Kier alpha value is -3.29. The van der Waals surface area contributed by atoms with E-state index in [9.17, 15) is 5.11 Å². The van der Waals surface area contributed by atoms with Crippen molar-refractivity contribution in [2.45, 2.75) is 12.5 Å². The van der Waals surface area contributed by atoms with Crippen molar-refractivity contribution in [2.24, 2.45) is 7.05 Å². The van der Waals surface area contributed by atoms with Crippen LogP contribution in [0, 0.1) is 6.92 Å². The summed E-state index contributed by atoms with van der Waals surface area (Å²) in [6.07, 6.45) is 1.57. The summed E-state index contributed by atoms with van der Waals surface area (Å²) in [6, 6.07) is 22.6. The summed E-state index contributed by atoms with van der Waals surface area (Å²) in [5.41, 5.74) is 3.40. The van der Waals surface area contributed by atoms with Gasteiger partial charge in [0.15, 0.2) is 11.4 Å². The molecule has 0 fully saturated rings.